The number of aromatic amines is 1. The molecule has 0 aliphatic carbocycles. The van der Waals surface area contributed by atoms with Gasteiger partial charge in [-0.05, 0) is 44.0 Å². The molecule has 7 nitrogen and oxygen atoms in total. The van der Waals surface area contributed by atoms with Crippen molar-refractivity contribution in [1.29, 1.82) is 0 Å². The maximum Gasteiger partial charge on any atom is 0.147 e. The van der Waals surface area contributed by atoms with Crippen molar-refractivity contribution in [3.8, 4) is 0 Å². The lowest BCUT2D eigenvalue weighted by atomic mass is 9.95. The van der Waals surface area contributed by atoms with Crippen LogP contribution >= 0.6 is 11.3 Å². The largest absolute Gasteiger partial charge is 0.370 e. The second-order valence-corrected chi connectivity index (χ2v) is 9.60. The number of aromatic nitrogens is 5. The Hall–Kier alpha value is -3.10. The van der Waals surface area contributed by atoms with E-state index in [4.69, 9.17) is 9.72 Å². The van der Waals surface area contributed by atoms with Crippen molar-refractivity contribution in [1.82, 2.24) is 24.9 Å². The van der Waals surface area contributed by atoms with Crippen LogP contribution in [-0.2, 0) is 24.2 Å². The van der Waals surface area contributed by atoms with E-state index in [0.717, 1.165) is 67.9 Å². The lowest BCUT2D eigenvalue weighted by molar-refractivity contribution is -0.0411. The maximum atomic E-state index is 5.98. The fourth-order valence-corrected chi connectivity index (χ4v) is 5.27. The minimum atomic E-state index is -0.171. The summed E-state index contributed by atoms with van der Waals surface area (Å²) >= 11 is 1.66. The molecule has 0 saturated carbocycles. The average Bonchev–Trinajstić information content (AvgIpc) is 3.36. The normalized spacial score (nSPS) is 15.5. The third-order valence-electron chi connectivity index (χ3n) is 5.82. The van der Waals surface area contributed by atoms with Crippen LogP contribution in [0, 0.1) is 0 Å². The molecule has 8 heteroatoms. The van der Waals surface area contributed by atoms with Crippen molar-refractivity contribution in [2.75, 3.05) is 11.9 Å². The molecule has 1 aliphatic rings. The van der Waals surface area contributed by atoms with Gasteiger partial charge < -0.3 is 15.0 Å². The van der Waals surface area contributed by atoms with Gasteiger partial charge in [0.15, 0.2) is 0 Å². The monoisotopic (exact) mass is 430 g/mol. The van der Waals surface area contributed by atoms with Crippen LogP contribution in [-0.4, -0.2) is 37.1 Å². The van der Waals surface area contributed by atoms with Crippen molar-refractivity contribution in [3.05, 3.63) is 53.7 Å². The highest BCUT2D eigenvalue weighted by molar-refractivity contribution is 7.25. The number of anilines is 1. The van der Waals surface area contributed by atoms with Crippen molar-refractivity contribution < 1.29 is 4.74 Å². The first-order valence-electron chi connectivity index (χ1n) is 10.4. The van der Waals surface area contributed by atoms with Gasteiger partial charge >= 0.3 is 0 Å². The van der Waals surface area contributed by atoms with Crippen molar-refractivity contribution >= 4 is 48.6 Å². The number of thiophene rings is 1. The van der Waals surface area contributed by atoms with E-state index in [9.17, 15) is 0 Å². The second-order valence-electron chi connectivity index (χ2n) is 8.60. The minimum absolute atomic E-state index is 0.171. The number of fused-ring (bicyclic) bond motifs is 5. The van der Waals surface area contributed by atoms with Crippen molar-refractivity contribution in [2.24, 2.45) is 0 Å². The zero-order valence-corrected chi connectivity index (χ0v) is 18.2. The average molecular weight is 431 g/mol. The Bertz CT molecular complexity index is 1440. The minimum Gasteiger partial charge on any atom is -0.370 e. The Morgan fingerprint density at radius 1 is 1.19 bits per heavy atom. The topological polar surface area (TPSA) is 88.6 Å². The van der Waals surface area contributed by atoms with Crippen LogP contribution in [0.5, 0.6) is 0 Å². The molecule has 6 rings (SSSR count). The first-order chi connectivity index (χ1) is 15.1. The van der Waals surface area contributed by atoms with Gasteiger partial charge in [-0.3, -0.25) is 0 Å². The first-order valence-corrected chi connectivity index (χ1v) is 11.2. The molecular formula is C23H22N6OS. The first kappa shape index (κ1) is 18.7. The van der Waals surface area contributed by atoms with Crippen molar-refractivity contribution in [3.63, 3.8) is 0 Å². The molecule has 0 atom stereocenters. The molecule has 0 spiro atoms. The number of H-pyrrole nitrogens is 1. The number of pyridine rings is 1. The van der Waals surface area contributed by atoms with Crippen LogP contribution in [0.2, 0.25) is 0 Å². The highest BCUT2D eigenvalue weighted by atomic mass is 32.1. The number of nitrogens with one attached hydrogen (secondary N) is 2. The highest BCUT2D eigenvalue weighted by Gasteiger charge is 2.28. The summed E-state index contributed by atoms with van der Waals surface area (Å²) in [6.07, 6.45) is 5.07. The number of hydrogen-bond donors (Lipinski definition) is 2. The molecule has 156 valence electrons. The van der Waals surface area contributed by atoms with Crippen LogP contribution < -0.4 is 5.32 Å². The predicted octanol–water partition coefficient (Wildman–Crippen LogP) is 4.62. The van der Waals surface area contributed by atoms with Crippen molar-refractivity contribution in [2.45, 2.75) is 38.9 Å². The van der Waals surface area contributed by atoms with Gasteiger partial charge in [0.2, 0.25) is 0 Å². The Kier molecular flexibility index (Phi) is 4.19. The molecule has 0 bridgehead atoms. The van der Waals surface area contributed by atoms with Crippen LogP contribution in [0.15, 0.2) is 36.9 Å². The van der Waals surface area contributed by atoms with Gasteiger partial charge in [-0.2, -0.15) is 0 Å². The molecule has 5 heterocycles. The molecule has 4 aromatic heterocycles. The van der Waals surface area contributed by atoms with Crippen LogP contribution in [0.25, 0.3) is 31.5 Å². The molecule has 0 amide bonds. The Labute approximate surface area is 182 Å². The Balaban J connectivity index is 1.29. The summed E-state index contributed by atoms with van der Waals surface area (Å²) < 4.78 is 7.03. The van der Waals surface area contributed by atoms with E-state index in [1.165, 1.54) is 5.56 Å². The summed E-state index contributed by atoms with van der Waals surface area (Å²) in [6, 6.07) is 8.53. The van der Waals surface area contributed by atoms with Gasteiger partial charge in [-0.25, -0.2) is 19.9 Å². The fraction of sp³-hybridized carbons (Fsp3) is 0.304. The third-order valence-corrected chi connectivity index (χ3v) is 6.91. The summed E-state index contributed by atoms with van der Waals surface area (Å²) in [7, 11) is 0. The van der Waals surface area contributed by atoms with E-state index < -0.39 is 0 Å². The van der Waals surface area contributed by atoms with Gasteiger partial charge in [0.05, 0.1) is 45.5 Å². The van der Waals surface area contributed by atoms with Gasteiger partial charge in [-0.15, -0.1) is 11.3 Å². The van der Waals surface area contributed by atoms with Crippen LogP contribution in [0.3, 0.4) is 0 Å². The van der Waals surface area contributed by atoms with Gasteiger partial charge in [0, 0.05) is 23.9 Å². The summed E-state index contributed by atoms with van der Waals surface area (Å²) in [4.78, 5) is 22.5. The molecular weight excluding hydrogens is 408 g/mol. The maximum absolute atomic E-state index is 5.98. The Morgan fingerprint density at radius 3 is 3.06 bits per heavy atom. The molecule has 0 fully saturated rings. The second kappa shape index (κ2) is 6.96. The van der Waals surface area contributed by atoms with E-state index in [2.05, 4.69) is 63.4 Å². The highest BCUT2D eigenvalue weighted by Crippen LogP contribution is 2.37. The molecule has 0 saturated heterocycles. The molecule has 2 N–H and O–H groups in total. The fourth-order valence-electron chi connectivity index (χ4n) is 4.17. The van der Waals surface area contributed by atoms with Gasteiger partial charge in [-0.1, -0.05) is 6.07 Å². The number of nitrogens with zero attached hydrogens (tertiary/aromatic N) is 4. The summed E-state index contributed by atoms with van der Waals surface area (Å²) in [5.41, 5.74) is 6.37. The van der Waals surface area contributed by atoms with E-state index in [1.54, 1.807) is 24.0 Å². The lowest BCUT2D eigenvalue weighted by Crippen LogP contribution is -2.32. The molecule has 5 aromatic rings. The van der Waals surface area contributed by atoms with Gasteiger partial charge in [0.25, 0.3) is 0 Å². The molecule has 31 heavy (non-hydrogen) atoms. The van der Waals surface area contributed by atoms with E-state index in [1.807, 2.05) is 0 Å². The Morgan fingerprint density at radius 2 is 2.13 bits per heavy atom. The van der Waals surface area contributed by atoms with Crippen LogP contribution in [0.1, 0.15) is 30.7 Å². The van der Waals surface area contributed by atoms with E-state index in [-0.39, 0.29) is 5.60 Å². The van der Waals surface area contributed by atoms with Gasteiger partial charge in [0.1, 0.15) is 17.0 Å². The molecule has 1 aliphatic heterocycles. The SMILES string of the molecule is CC1(C)Cc2nc3sc4c(NCCc5ccc6[nH]cnc6c5)ncnc4c3cc2CO1. The zero-order valence-electron chi connectivity index (χ0n) is 17.4. The number of hydrogen-bond acceptors (Lipinski definition) is 7. The summed E-state index contributed by atoms with van der Waals surface area (Å²) in [5, 5.41) is 4.58. The summed E-state index contributed by atoms with van der Waals surface area (Å²) in [6.45, 7) is 5.61. The number of ether oxygens (including phenoxy) is 1. The number of rotatable bonds is 4. The third kappa shape index (κ3) is 3.32. The number of benzene rings is 1. The smallest absolute Gasteiger partial charge is 0.147 e. The quantitative estimate of drug-likeness (QED) is 0.432. The zero-order chi connectivity index (χ0) is 21.0. The lowest BCUT2D eigenvalue weighted by Gasteiger charge is -2.30. The van der Waals surface area contributed by atoms with Crippen LogP contribution in [0.4, 0.5) is 5.82 Å². The summed E-state index contributed by atoms with van der Waals surface area (Å²) in [5.74, 6) is 0.864. The molecule has 0 unspecified atom stereocenters. The standard InChI is InChI=1S/C23H22N6OS/c1-23(2)9-18-14(10-30-23)8-15-19-20(31-22(15)29-18)21(28-12-27-19)24-6-5-13-3-4-16-17(7-13)26-11-25-16/h3-4,7-8,11-12H,5-6,9-10H2,1-2H3,(H,25,26)(H,24,27,28). The van der Waals surface area contributed by atoms with E-state index >= 15 is 0 Å². The molecule has 1 aromatic carbocycles. The number of imidazole rings is 1. The predicted molar refractivity (Wildman–Crippen MR) is 124 cm³/mol. The molecule has 0 radical (unpaired) electrons. The van der Waals surface area contributed by atoms with E-state index in [0.29, 0.717) is 6.61 Å².